The Morgan fingerprint density at radius 1 is 1.00 bits per heavy atom. The van der Waals surface area contributed by atoms with E-state index in [2.05, 4.69) is 0 Å². The van der Waals surface area contributed by atoms with E-state index < -0.39 is 0 Å². The number of rotatable bonds is 0. The maximum atomic E-state index is 11.1. The molecule has 0 radical (unpaired) electrons. The summed E-state index contributed by atoms with van der Waals surface area (Å²) in [7, 11) is 0. The molecule has 0 saturated carbocycles. The highest BCUT2D eigenvalue weighted by atomic mass is 16.1. The molecule has 2 bridgehead atoms. The molecule has 2 atom stereocenters. The maximum Gasteiger partial charge on any atom is 0.162 e. The van der Waals surface area contributed by atoms with Crippen molar-refractivity contribution in [3.05, 3.63) is 24.3 Å². The lowest BCUT2D eigenvalue weighted by molar-refractivity contribution is -0.121. The van der Waals surface area contributed by atoms with E-state index in [4.69, 9.17) is 0 Å². The molecule has 0 fully saturated rings. The van der Waals surface area contributed by atoms with Gasteiger partial charge in [0, 0.05) is 11.8 Å². The molecule has 0 amide bonds. The molecule has 0 N–H and O–H groups in total. The Bertz CT molecular complexity index is 245. The predicted octanol–water partition coefficient (Wildman–Crippen LogP) is 0.887. The van der Waals surface area contributed by atoms with Gasteiger partial charge in [0.25, 0.3) is 0 Å². The first kappa shape index (κ1) is 6.53. The van der Waals surface area contributed by atoms with Gasteiger partial charge in [-0.3, -0.25) is 9.59 Å². The summed E-state index contributed by atoms with van der Waals surface area (Å²) < 4.78 is 0. The SMILES string of the molecule is O=C1C=C[C@H]2C[C@H]1C=CC2=O. The third-order valence-electron chi connectivity index (χ3n) is 2.22. The summed E-state index contributed by atoms with van der Waals surface area (Å²) in [5.74, 6) is 0.209. The van der Waals surface area contributed by atoms with Gasteiger partial charge in [0.15, 0.2) is 11.6 Å². The highest BCUT2D eigenvalue weighted by Crippen LogP contribution is 2.26. The Morgan fingerprint density at radius 2 is 1.45 bits per heavy atom. The molecule has 0 heterocycles. The third-order valence-corrected chi connectivity index (χ3v) is 2.22. The minimum Gasteiger partial charge on any atom is -0.294 e. The maximum absolute atomic E-state index is 11.1. The summed E-state index contributed by atoms with van der Waals surface area (Å²) in [4.78, 5) is 22.1. The fourth-order valence-corrected chi connectivity index (χ4v) is 1.52. The van der Waals surface area contributed by atoms with Crippen molar-refractivity contribution in [2.45, 2.75) is 6.42 Å². The van der Waals surface area contributed by atoms with Gasteiger partial charge in [0.05, 0.1) is 0 Å². The van der Waals surface area contributed by atoms with Crippen LogP contribution >= 0.6 is 0 Å². The van der Waals surface area contributed by atoms with Crippen molar-refractivity contribution in [3.8, 4) is 0 Å². The van der Waals surface area contributed by atoms with Crippen LogP contribution in [0.25, 0.3) is 0 Å². The van der Waals surface area contributed by atoms with E-state index in [1.165, 1.54) is 12.2 Å². The van der Waals surface area contributed by atoms with Crippen LogP contribution in [-0.4, -0.2) is 11.6 Å². The van der Waals surface area contributed by atoms with Gasteiger partial charge >= 0.3 is 0 Å². The van der Waals surface area contributed by atoms with E-state index in [1.54, 1.807) is 12.2 Å². The second kappa shape index (κ2) is 2.16. The van der Waals surface area contributed by atoms with Crippen LogP contribution in [-0.2, 0) is 9.59 Å². The summed E-state index contributed by atoms with van der Waals surface area (Å²) in [6, 6.07) is 0. The lowest BCUT2D eigenvalue weighted by Crippen LogP contribution is -2.27. The first-order valence-corrected chi connectivity index (χ1v) is 3.71. The zero-order valence-corrected chi connectivity index (χ0v) is 5.99. The molecule has 2 heteroatoms. The van der Waals surface area contributed by atoms with Crippen molar-refractivity contribution < 1.29 is 9.59 Å². The molecule has 11 heavy (non-hydrogen) atoms. The molecule has 56 valence electrons. The van der Waals surface area contributed by atoms with Crippen molar-refractivity contribution in [3.63, 3.8) is 0 Å². The zero-order chi connectivity index (χ0) is 7.84. The first-order chi connectivity index (χ1) is 5.27. The van der Waals surface area contributed by atoms with Crippen molar-refractivity contribution in [2.75, 3.05) is 0 Å². The Kier molecular flexibility index (Phi) is 1.28. The van der Waals surface area contributed by atoms with E-state index in [9.17, 15) is 9.59 Å². The van der Waals surface area contributed by atoms with Crippen LogP contribution in [0.15, 0.2) is 24.3 Å². The largest absolute Gasteiger partial charge is 0.294 e. The minimum atomic E-state index is -0.0253. The molecule has 0 aromatic heterocycles. The minimum absolute atomic E-state index is 0.0253. The molecule has 2 aliphatic rings. The van der Waals surface area contributed by atoms with Crippen LogP contribution in [0.3, 0.4) is 0 Å². The highest BCUT2D eigenvalue weighted by Gasteiger charge is 2.29. The lowest BCUT2D eigenvalue weighted by atomic mass is 9.79. The summed E-state index contributed by atoms with van der Waals surface area (Å²) in [6.07, 6.45) is 7.17. The molecule has 2 aliphatic carbocycles. The van der Waals surface area contributed by atoms with Crippen molar-refractivity contribution in [1.29, 1.82) is 0 Å². The average Bonchev–Trinajstić information content (AvgIpc) is 2.02. The number of ketones is 2. The van der Waals surface area contributed by atoms with Gasteiger partial charge in [-0.05, 0) is 18.6 Å². The topological polar surface area (TPSA) is 34.1 Å². The number of fused-ring (bicyclic) bond motifs is 2. The van der Waals surface area contributed by atoms with Gasteiger partial charge in [0.2, 0.25) is 0 Å². The normalized spacial score (nSPS) is 34.5. The van der Waals surface area contributed by atoms with Crippen LogP contribution in [0.2, 0.25) is 0 Å². The summed E-state index contributed by atoms with van der Waals surface area (Å²) in [6.45, 7) is 0. The van der Waals surface area contributed by atoms with Crippen molar-refractivity contribution in [2.24, 2.45) is 11.8 Å². The quantitative estimate of drug-likeness (QED) is 0.511. The van der Waals surface area contributed by atoms with Gasteiger partial charge in [0.1, 0.15) is 0 Å². The van der Waals surface area contributed by atoms with Crippen LogP contribution < -0.4 is 0 Å². The molecule has 0 unspecified atom stereocenters. The van der Waals surface area contributed by atoms with E-state index in [1.807, 2.05) is 0 Å². The molecule has 0 aromatic carbocycles. The smallest absolute Gasteiger partial charge is 0.162 e. The average molecular weight is 148 g/mol. The first-order valence-electron chi connectivity index (χ1n) is 3.71. The van der Waals surface area contributed by atoms with Crippen LogP contribution in [0.1, 0.15) is 6.42 Å². The summed E-state index contributed by atoms with van der Waals surface area (Å²) >= 11 is 0. The standard InChI is InChI=1S/C9H8O2/c10-8-3-1-6-5-7(8)2-4-9(6)11/h1-4,6-7H,5H2/t6-,7+. The fraction of sp³-hybridized carbons (Fsp3) is 0.333. The van der Waals surface area contributed by atoms with Gasteiger partial charge in [-0.1, -0.05) is 12.2 Å². The van der Waals surface area contributed by atoms with Gasteiger partial charge in [-0.25, -0.2) is 0 Å². The van der Waals surface area contributed by atoms with Gasteiger partial charge < -0.3 is 0 Å². The summed E-state index contributed by atoms with van der Waals surface area (Å²) in [5.41, 5.74) is 0. The number of hydrogen-bond acceptors (Lipinski definition) is 2. The molecule has 0 aliphatic heterocycles. The van der Waals surface area contributed by atoms with E-state index in [0.717, 1.165) is 0 Å². The van der Waals surface area contributed by atoms with Crippen LogP contribution in [0, 0.1) is 11.8 Å². The predicted molar refractivity (Wildman–Crippen MR) is 39.9 cm³/mol. The zero-order valence-electron chi connectivity index (χ0n) is 5.99. The van der Waals surface area contributed by atoms with Gasteiger partial charge in [-0.15, -0.1) is 0 Å². The Labute approximate surface area is 64.6 Å². The molecule has 0 spiro atoms. The van der Waals surface area contributed by atoms with Gasteiger partial charge in [-0.2, -0.15) is 0 Å². The third kappa shape index (κ3) is 0.946. The number of carbonyl (C=O) groups is 2. The monoisotopic (exact) mass is 148 g/mol. The number of allylic oxidation sites excluding steroid dienone is 4. The fourth-order valence-electron chi connectivity index (χ4n) is 1.52. The molecule has 2 rings (SSSR count). The Morgan fingerprint density at radius 3 is 1.91 bits per heavy atom. The van der Waals surface area contributed by atoms with E-state index in [-0.39, 0.29) is 23.4 Å². The molecule has 2 nitrogen and oxygen atoms in total. The summed E-state index contributed by atoms with van der Waals surface area (Å²) in [5, 5.41) is 0. The molecule has 0 saturated heterocycles. The van der Waals surface area contributed by atoms with E-state index >= 15 is 0 Å². The number of carbonyl (C=O) groups excluding carboxylic acids is 2. The second-order valence-corrected chi connectivity index (χ2v) is 2.97. The Balaban J connectivity index is 2.38. The molecular weight excluding hydrogens is 140 g/mol. The molecule has 0 aromatic rings. The van der Waals surface area contributed by atoms with Crippen LogP contribution in [0.5, 0.6) is 0 Å². The highest BCUT2D eigenvalue weighted by molar-refractivity contribution is 6.02. The van der Waals surface area contributed by atoms with Crippen LogP contribution in [0.4, 0.5) is 0 Å². The Hall–Kier alpha value is -1.18. The molecular formula is C9H8O2. The lowest BCUT2D eigenvalue weighted by Gasteiger charge is -2.22. The second-order valence-electron chi connectivity index (χ2n) is 2.97. The van der Waals surface area contributed by atoms with Crippen molar-refractivity contribution >= 4 is 11.6 Å². The van der Waals surface area contributed by atoms with Crippen molar-refractivity contribution in [1.82, 2.24) is 0 Å². The number of hydrogen-bond donors (Lipinski definition) is 0. The van der Waals surface area contributed by atoms with E-state index in [0.29, 0.717) is 6.42 Å².